The van der Waals surface area contributed by atoms with Gasteiger partial charge in [-0.15, -0.1) is 0 Å². The third kappa shape index (κ3) is 7.07. The largest absolute Gasteiger partial charge is 0.389 e. The van der Waals surface area contributed by atoms with Gasteiger partial charge in [0, 0.05) is 18.7 Å². The number of hydrogen-bond acceptors (Lipinski definition) is 3. The van der Waals surface area contributed by atoms with Gasteiger partial charge in [-0.25, -0.2) is 0 Å². The fraction of sp³-hybridized carbons (Fsp3) is 0.667. The first-order valence-electron chi connectivity index (χ1n) is 8.10. The van der Waals surface area contributed by atoms with Gasteiger partial charge < -0.3 is 15.2 Å². The molecule has 0 aliphatic heterocycles. The number of hydrogen-bond donors (Lipinski definition) is 2. The van der Waals surface area contributed by atoms with E-state index < -0.39 is 6.10 Å². The second-order valence-electron chi connectivity index (χ2n) is 6.89. The van der Waals surface area contributed by atoms with Crippen LogP contribution in [0.25, 0.3) is 0 Å². The predicted octanol–water partition coefficient (Wildman–Crippen LogP) is 2.77. The zero-order valence-electron chi connectivity index (χ0n) is 13.3. The van der Waals surface area contributed by atoms with E-state index in [4.69, 9.17) is 4.74 Å². The Morgan fingerprint density at radius 2 is 2.00 bits per heavy atom. The summed E-state index contributed by atoms with van der Waals surface area (Å²) < 4.78 is 5.52. The van der Waals surface area contributed by atoms with Gasteiger partial charge in [0.1, 0.15) is 0 Å². The van der Waals surface area contributed by atoms with Crippen molar-refractivity contribution in [3.63, 3.8) is 0 Å². The van der Waals surface area contributed by atoms with Crippen LogP contribution in [0.2, 0.25) is 0 Å². The number of β-amino-alcohol motifs (C(OH)–C–C–N with tert-alkyl or cyclic N) is 1. The summed E-state index contributed by atoms with van der Waals surface area (Å²) in [5.74, 6) is 0.757. The first-order valence-corrected chi connectivity index (χ1v) is 8.10. The number of benzene rings is 1. The molecule has 1 saturated carbocycles. The Kier molecular flexibility index (Phi) is 6.22. The Labute approximate surface area is 128 Å². The van der Waals surface area contributed by atoms with Crippen molar-refractivity contribution in [2.24, 2.45) is 5.92 Å². The molecule has 2 N–H and O–H groups in total. The highest BCUT2D eigenvalue weighted by molar-refractivity contribution is 5.15. The molecule has 1 atom stereocenters. The smallest absolute Gasteiger partial charge is 0.0897 e. The van der Waals surface area contributed by atoms with Crippen LogP contribution in [0.4, 0.5) is 0 Å². The molecule has 2 rings (SSSR count). The Morgan fingerprint density at radius 3 is 2.67 bits per heavy atom. The Bertz CT molecular complexity index is 401. The molecule has 0 saturated heterocycles. The summed E-state index contributed by atoms with van der Waals surface area (Å²) in [4.78, 5) is 0. The fourth-order valence-corrected chi connectivity index (χ4v) is 2.30. The summed E-state index contributed by atoms with van der Waals surface area (Å²) in [6.07, 6.45) is 4.27. The maximum atomic E-state index is 9.94. The lowest BCUT2D eigenvalue weighted by molar-refractivity contribution is 0.0291. The van der Waals surface area contributed by atoms with E-state index in [1.807, 2.05) is 6.07 Å². The average molecular weight is 291 g/mol. The number of aryl methyl sites for hydroxylation is 1. The zero-order chi connectivity index (χ0) is 15.1. The standard InChI is InChI=1S/C18H29NO2/c1-18(2,11-10-15-6-4-3-5-7-15)19-12-17(20)14-21-13-16-8-9-16/h3-7,16-17,19-20H,8-14H2,1-2H3. The fourth-order valence-electron chi connectivity index (χ4n) is 2.30. The predicted molar refractivity (Wildman–Crippen MR) is 86.4 cm³/mol. The maximum Gasteiger partial charge on any atom is 0.0897 e. The molecule has 21 heavy (non-hydrogen) atoms. The van der Waals surface area contributed by atoms with Crippen LogP contribution in [0.3, 0.4) is 0 Å². The molecule has 0 radical (unpaired) electrons. The number of aliphatic hydroxyl groups excluding tert-OH is 1. The summed E-state index contributed by atoms with van der Waals surface area (Å²) in [5.41, 5.74) is 1.38. The molecule has 0 amide bonds. The highest BCUT2D eigenvalue weighted by atomic mass is 16.5. The van der Waals surface area contributed by atoms with Crippen LogP contribution in [-0.4, -0.2) is 36.5 Å². The quantitative estimate of drug-likeness (QED) is 0.696. The minimum absolute atomic E-state index is 0.0211. The topological polar surface area (TPSA) is 41.5 Å². The molecule has 0 spiro atoms. The van der Waals surface area contributed by atoms with Crippen LogP contribution in [0.5, 0.6) is 0 Å². The van der Waals surface area contributed by atoms with Crippen molar-refractivity contribution in [3.8, 4) is 0 Å². The molecule has 3 nitrogen and oxygen atoms in total. The first-order chi connectivity index (χ1) is 10.1. The summed E-state index contributed by atoms with van der Waals surface area (Å²) in [6, 6.07) is 10.5. The van der Waals surface area contributed by atoms with E-state index in [0.29, 0.717) is 13.2 Å². The molecule has 118 valence electrons. The third-order valence-corrected chi connectivity index (χ3v) is 4.06. The zero-order valence-corrected chi connectivity index (χ0v) is 13.3. The van der Waals surface area contributed by atoms with Crippen LogP contribution in [0, 0.1) is 5.92 Å². The van der Waals surface area contributed by atoms with Crippen LogP contribution in [-0.2, 0) is 11.2 Å². The lowest BCUT2D eigenvalue weighted by Gasteiger charge is -2.28. The molecule has 0 aromatic heterocycles. The van der Waals surface area contributed by atoms with Crippen LogP contribution >= 0.6 is 0 Å². The molecule has 1 aromatic carbocycles. The van der Waals surface area contributed by atoms with Crippen LogP contribution in [0.1, 0.15) is 38.7 Å². The van der Waals surface area contributed by atoms with E-state index in [9.17, 15) is 5.11 Å². The lowest BCUT2D eigenvalue weighted by atomic mass is 9.95. The second kappa shape index (κ2) is 7.92. The highest BCUT2D eigenvalue weighted by Gasteiger charge is 2.22. The molecule has 1 aromatic rings. The van der Waals surface area contributed by atoms with Gasteiger partial charge in [-0.2, -0.15) is 0 Å². The normalized spacial score (nSPS) is 16.9. The minimum Gasteiger partial charge on any atom is -0.389 e. The third-order valence-electron chi connectivity index (χ3n) is 4.06. The van der Waals surface area contributed by atoms with Crippen molar-refractivity contribution >= 4 is 0 Å². The summed E-state index contributed by atoms with van der Waals surface area (Å²) >= 11 is 0. The van der Waals surface area contributed by atoms with E-state index in [1.165, 1.54) is 18.4 Å². The molecule has 1 aliphatic rings. The Balaban J connectivity index is 1.60. The molecule has 0 heterocycles. The SMILES string of the molecule is CC(C)(CCc1ccccc1)NCC(O)COCC1CC1. The first kappa shape index (κ1) is 16.5. The average Bonchev–Trinajstić information content (AvgIpc) is 3.29. The monoisotopic (exact) mass is 291 g/mol. The van der Waals surface area contributed by atoms with Gasteiger partial charge in [0.05, 0.1) is 12.7 Å². The number of rotatable bonds is 10. The van der Waals surface area contributed by atoms with Crippen molar-refractivity contribution < 1.29 is 9.84 Å². The van der Waals surface area contributed by atoms with Crippen molar-refractivity contribution in [2.75, 3.05) is 19.8 Å². The molecule has 1 unspecified atom stereocenters. The Hall–Kier alpha value is -0.900. The van der Waals surface area contributed by atoms with Crippen LogP contribution < -0.4 is 5.32 Å². The van der Waals surface area contributed by atoms with Gasteiger partial charge in [0.15, 0.2) is 0 Å². The van der Waals surface area contributed by atoms with E-state index >= 15 is 0 Å². The van der Waals surface area contributed by atoms with Crippen molar-refractivity contribution in [2.45, 2.75) is 51.2 Å². The summed E-state index contributed by atoms with van der Waals surface area (Å²) in [5, 5.41) is 13.4. The van der Waals surface area contributed by atoms with Gasteiger partial charge in [-0.05, 0) is 51.0 Å². The summed E-state index contributed by atoms with van der Waals surface area (Å²) in [6.45, 7) is 6.22. The molecular weight excluding hydrogens is 262 g/mol. The van der Waals surface area contributed by atoms with E-state index in [2.05, 4.69) is 43.4 Å². The molecule has 0 bridgehead atoms. The minimum atomic E-state index is -0.417. The Morgan fingerprint density at radius 1 is 1.29 bits per heavy atom. The maximum absolute atomic E-state index is 9.94. The van der Waals surface area contributed by atoms with Gasteiger partial charge in [0.2, 0.25) is 0 Å². The molecule has 1 aliphatic carbocycles. The summed E-state index contributed by atoms with van der Waals surface area (Å²) in [7, 11) is 0. The molecule has 3 heteroatoms. The number of ether oxygens (including phenoxy) is 1. The van der Waals surface area contributed by atoms with Crippen LogP contribution in [0.15, 0.2) is 30.3 Å². The van der Waals surface area contributed by atoms with Gasteiger partial charge >= 0.3 is 0 Å². The van der Waals surface area contributed by atoms with Gasteiger partial charge in [-0.3, -0.25) is 0 Å². The van der Waals surface area contributed by atoms with E-state index in [0.717, 1.165) is 25.4 Å². The van der Waals surface area contributed by atoms with Crippen molar-refractivity contribution in [3.05, 3.63) is 35.9 Å². The highest BCUT2D eigenvalue weighted by Crippen LogP contribution is 2.28. The number of aliphatic hydroxyl groups is 1. The van der Waals surface area contributed by atoms with E-state index in [1.54, 1.807) is 0 Å². The molecule has 1 fully saturated rings. The van der Waals surface area contributed by atoms with Gasteiger partial charge in [0.25, 0.3) is 0 Å². The van der Waals surface area contributed by atoms with Gasteiger partial charge in [-0.1, -0.05) is 30.3 Å². The number of nitrogens with one attached hydrogen (secondary N) is 1. The lowest BCUT2D eigenvalue weighted by Crippen LogP contribution is -2.44. The van der Waals surface area contributed by atoms with Crippen molar-refractivity contribution in [1.82, 2.24) is 5.32 Å². The second-order valence-corrected chi connectivity index (χ2v) is 6.89. The van der Waals surface area contributed by atoms with Crippen molar-refractivity contribution in [1.29, 1.82) is 0 Å². The molecular formula is C18H29NO2. The van der Waals surface area contributed by atoms with E-state index in [-0.39, 0.29) is 5.54 Å².